The molecule has 1 aromatic carbocycles. The van der Waals surface area contributed by atoms with Crippen LogP contribution in [0.1, 0.15) is 16.8 Å². The van der Waals surface area contributed by atoms with E-state index in [1.165, 1.54) is 0 Å². The Morgan fingerprint density at radius 1 is 1.21 bits per heavy atom. The Morgan fingerprint density at radius 3 is 2.54 bits per heavy atom. The van der Waals surface area contributed by atoms with E-state index in [1.807, 2.05) is 19.2 Å². The van der Waals surface area contributed by atoms with Gasteiger partial charge >= 0.3 is 0 Å². The number of benzene rings is 1. The van der Waals surface area contributed by atoms with E-state index in [9.17, 15) is 0 Å². The second-order valence-corrected chi connectivity index (χ2v) is 7.26. The van der Waals surface area contributed by atoms with Crippen LogP contribution in [0.5, 0.6) is 0 Å². The standard InChI is InChI=1S/C19H24N8O/c1-24-6-10-2-4-11(5-3-10)18(22)28-19(23)16-17(21)25-7-14(26-16)27-8-12-13(9-27)15(12)20/h2-5,7,12-13,15,22-24H,6,8-9,20H2,1H3,(H2,21,25)/t12-,13?,15?/m0/s1. The number of fused-ring (bicyclic) bond motifs is 1. The van der Waals surface area contributed by atoms with Gasteiger partial charge < -0.3 is 26.4 Å². The summed E-state index contributed by atoms with van der Waals surface area (Å²) in [6.45, 7) is 2.42. The average Bonchev–Trinajstić information content (AvgIpc) is 3.09. The fraction of sp³-hybridized carbons (Fsp3) is 0.368. The summed E-state index contributed by atoms with van der Waals surface area (Å²) in [5.74, 6) is 1.35. The minimum Gasteiger partial charge on any atom is -0.419 e. The summed E-state index contributed by atoms with van der Waals surface area (Å²) in [7, 11) is 1.87. The number of nitrogens with two attached hydrogens (primary N) is 2. The van der Waals surface area contributed by atoms with Crippen molar-refractivity contribution in [2.45, 2.75) is 12.6 Å². The highest BCUT2D eigenvalue weighted by molar-refractivity contribution is 6.05. The van der Waals surface area contributed by atoms with Crippen LogP contribution in [-0.2, 0) is 11.3 Å². The van der Waals surface area contributed by atoms with Crippen LogP contribution in [0.25, 0.3) is 0 Å². The number of piperidine rings is 1. The Balaban J connectivity index is 1.45. The van der Waals surface area contributed by atoms with Gasteiger partial charge in [-0.25, -0.2) is 9.97 Å². The predicted molar refractivity (Wildman–Crippen MR) is 108 cm³/mol. The fourth-order valence-electron chi connectivity index (χ4n) is 3.66. The number of hydrogen-bond donors (Lipinski definition) is 5. The Morgan fingerprint density at radius 2 is 1.89 bits per heavy atom. The van der Waals surface area contributed by atoms with Crippen molar-refractivity contribution in [1.29, 1.82) is 10.8 Å². The molecule has 0 radical (unpaired) electrons. The van der Waals surface area contributed by atoms with Gasteiger partial charge in [0.25, 0.3) is 0 Å². The van der Waals surface area contributed by atoms with E-state index in [0.29, 0.717) is 29.3 Å². The smallest absolute Gasteiger partial charge is 0.243 e. The second-order valence-electron chi connectivity index (χ2n) is 7.26. The van der Waals surface area contributed by atoms with Crippen molar-refractivity contribution in [2.24, 2.45) is 17.6 Å². The first-order valence-electron chi connectivity index (χ1n) is 9.20. The summed E-state index contributed by atoms with van der Waals surface area (Å²) in [6, 6.07) is 7.68. The van der Waals surface area contributed by atoms with E-state index in [2.05, 4.69) is 20.2 Å². The first kappa shape index (κ1) is 18.3. The number of ether oxygens (including phenoxy) is 1. The van der Waals surface area contributed by atoms with Crippen molar-refractivity contribution >= 4 is 23.4 Å². The molecule has 2 aromatic rings. The maximum absolute atomic E-state index is 8.21. The van der Waals surface area contributed by atoms with E-state index >= 15 is 0 Å². The molecule has 146 valence electrons. The molecule has 1 aromatic heterocycles. The van der Waals surface area contributed by atoms with Gasteiger partial charge in [-0.05, 0) is 36.6 Å². The van der Waals surface area contributed by atoms with Crippen molar-refractivity contribution in [3.05, 3.63) is 47.3 Å². The molecule has 28 heavy (non-hydrogen) atoms. The van der Waals surface area contributed by atoms with Crippen LogP contribution in [0.4, 0.5) is 11.6 Å². The van der Waals surface area contributed by atoms with Crippen molar-refractivity contribution in [2.75, 3.05) is 30.8 Å². The number of hydrogen-bond acceptors (Lipinski definition) is 9. The summed E-state index contributed by atoms with van der Waals surface area (Å²) in [5.41, 5.74) is 13.7. The fourth-order valence-corrected chi connectivity index (χ4v) is 3.66. The van der Waals surface area contributed by atoms with E-state index in [0.717, 1.165) is 25.2 Å². The second kappa shape index (κ2) is 7.17. The van der Waals surface area contributed by atoms with Gasteiger partial charge in [0.1, 0.15) is 5.82 Å². The van der Waals surface area contributed by atoms with Gasteiger partial charge in [-0.15, -0.1) is 0 Å². The monoisotopic (exact) mass is 380 g/mol. The molecule has 4 rings (SSSR count). The number of rotatable bonds is 5. The summed E-state index contributed by atoms with van der Waals surface area (Å²) in [5, 5.41) is 19.4. The lowest BCUT2D eigenvalue weighted by Crippen LogP contribution is -2.29. The van der Waals surface area contributed by atoms with Gasteiger partial charge in [-0.3, -0.25) is 10.8 Å². The SMILES string of the molecule is CNCc1ccc(C(=N)OC(=N)c2nc(N3CC4C(N)[C@H]4C3)cnc2N)cc1. The van der Waals surface area contributed by atoms with E-state index in [-0.39, 0.29) is 23.3 Å². The van der Waals surface area contributed by atoms with Crippen molar-refractivity contribution in [3.63, 3.8) is 0 Å². The normalized spacial score (nSPS) is 22.6. The molecule has 2 fully saturated rings. The number of aromatic nitrogens is 2. The van der Waals surface area contributed by atoms with Gasteiger partial charge in [-0.1, -0.05) is 12.1 Å². The Labute approximate surface area is 163 Å². The van der Waals surface area contributed by atoms with Gasteiger partial charge in [0.05, 0.1) is 6.20 Å². The maximum atomic E-state index is 8.21. The third-order valence-corrected chi connectivity index (χ3v) is 5.39. The molecular formula is C19H24N8O. The first-order chi connectivity index (χ1) is 13.5. The Kier molecular flexibility index (Phi) is 4.70. The van der Waals surface area contributed by atoms with Crippen LogP contribution in [0.15, 0.2) is 30.5 Å². The van der Waals surface area contributed by atoms with Crippen LogP contribution >= 0.6 is 0 Å². The number of anilines is 2. The highest BCUT2D eigenvalue weighted by atomic mass is 16.5. The molecule has 9 heteroatoms. The van der Waals surface area contributed by atoms with Gasteiger partial charge in [0.2, 0.25) is 11.8 Å². The minimum atomic E-state index is -0.294. The van der Waals surface area contributed by atoms with Gasteiger partial charge in [-0.2, -0.15) is 0 Å². The first-order valence-corrected chi connectivity index (χ1v) is 9.20. The summed E-state index contributed by atoms with van der Waals surface area (Å²) < 4.78 is 5.40. The van der Waals surface area contributed by atoms with Crippen LogP contribution in [0.3, 0.4) is 0 Å². The molecular weight excluding hydrogens is 356 g/mol. The highest BCUT2D eigenvalue weighted by Crippen LogP contribution is 2.44. The Hall–Kier alpha value is -3.04. The lowest BCUT2D eigenvalue weighted by atomic mass is 10.1. The van der Waals surface area contributed by atoms with E-state index in [1.54, 1.807) is 18.3 Å². The zero-order valence-electron chi connectivity index (χ0n) is 15.6. The van der Waals surface area contributed by atoms with Crippen LogP contribution in [-0.4, -0.2) is 47.9 Å². The van der Waals surface area contributed by atoms with E-state index < -0.39 is 0 Å². The average molecular weight is 380 g/mol. The van der Waals surface area contributed by atoms with Crippen LogP contribution in [0, 0.1) is 22.7 Å². The molecule has 9 nitrogen and oxygen atoms in total. The lowest BCUT2D eigenvalue weighted by molar-refractivity contribution is 0.535. The summed E-state index contributed by atoms with van der Waals surface area (Å²) >= 11 is 0. The maximum Gasteiger partial charge on any atom is 0.243 e. The molecule has 1 saturated carbocycles. The van der Waals surface area contributed by atoms with Crippen molar-refractivity contribution in [1.82, 2.24) is 15.3 Å². The molecule has 0 amide bonds. The largest absolute Gasteiger partial charge is 0.419 e. The molecule has 2 heterocycles. The molecule has 0 bridgehead atoms. The number of nitrogens with one attached hydrogen (secondary N) is 3. The highest BCUT2D eigenvalue weighted by Gasteiger charge is 2.53. The van der Waals surface area contributed by atoms with Crippen molar-refractivity contribution in [3.8, 4) is 0 Å². The van der Waals surface area contributed by atoms with Gasteiger partial charge in [0, 0.05) is 31.2 Å². The molecule has 0 spiro atoms. The van der Waals surface area contributed by atoms with E-state index in [4.69, 9.17) is 27.0 Å². The molecule has 7 N–H and O–H groups in total. The zero-order chi connectivity index (χ0) is 19.8. The molecule has 1 saturated heterocycles. The molecule has 2 aliphatic rings. The number of nitrogen functional groups attached to an aromatic ring is 1. The molecule has 2 unspecified atom stereocenters. The minimum absolute atomic E-state index is 0.104. The molecule has 1 aliphatic heterocycles. The lowest BCUT2D eigenvalue weighted by Gasteiger charge is -2.20. The van der Waals surface area contributed by atoms with Gasteiger partial charge in [0.15, 0.2) is 11.5 Å². The number of nitrogens with zero attached hydrogens (tertiary/aromatic N) is 3. The third-order valence-electron chi connectivity index (χ3n) is 5.39. The summed E-state index contributed by atoms with van der Waals surface area (Å²) in [6.07, 6.45) is 1.61. The van der Waals surface area contributed by atoms with Crippen molar-refractivity contribution < 1.29 is 4.74 Å². The quantitative estimate of drug-likeness (QED) is 0.375. The third kappa shape index (κ3) is 3.41. The Bertz CT molecular complexity index is 901. The molecule has 3 atom stereocenters. The summed E-state index contributed by atoms with van der Waals surface area (Å²) in [4.78, 5) is 10.7. The predicted octanol–water partition coefficient (Wildman–Crippen LogP) is 0.539. The van der Waals surface area contributed by atoms with Crippen LogP contribution < -0.4 is 21.7 Å². The topological polar surface area (TPSA) is 150 Å². The zero-order valence-corrected chi connectivity index (χ0v) is 15.6. The molecule has 1 aliphatic carbocycles. The van der Waals surface area contributed by atoms with Crippen LogP contribution in [0.2, 0.25) is 0 Å².